The molecule has 2 aromatic heterocycles. The maximum Gasteiger partial charge on any atom is 0.242 e. The zero-order valence-corrected chi connectivity index (χ0v) is 13.9. The number of nitrogens with one attached hydrogen (secondary N) is 1. The highest BCUT2D eigenvalue weighted by Crippen LogP contribution is 2.25. The highest BCUT2D eigenvalue weighted by molar-refractivity contribution is 7.89. The van der Waals surface area contributed by atoms with Gasteiger partial charge in [0.2, 0.25) is 10.0 Å². The number of hydrogen-bond acceptors (Lipinski definition) is 5. The van der Waals surface area contributed by atoms with Gasteiger partial charge in [-0.15, -0.1) is 22.7 Å². The van der Waals surface area contributed by atoms with Gasteiger partial charge in [-0.3, -0.25) is 0 Å². The monoisotopic (exact) mass is 330 g/mol. The Morgan fingerprint density at radius 1 is 1.20 bits per heavy atom. The summed E-state index contributed by atoms with van der Waals surface area (Å²) in [7, 11) is -3.46. The number of aryl methyl sites for hydroxylation is 2. The molecule has 0 saturated carbocycles. The van der Waals surface area contributed by atoms with E-state index in [2.05, 4.69) is 11.6 Å². The van der Waals surface area contributed by atoms with E-state index in [1.54, 1.807) is 24.3 Å². The van der Waals surface area contributed by atoms with Crippen LogP contribution in [0.4, 0.5) is 0 Å². The molecule has 7 heteroatoms. The summed E-state index contributed by atoms with van der Waals surface area (Å²) in [6, 6.07) is 5.67. The van der Waals surface area contributed by atoms with E-state index in [1.165, 1.54) is 16.2 Å². The predicted octanol–water partition coefficient (Wildman–Crippen LogP) is 2.62. The number of thiophene rings is 2. The van der Waals surface area contributed by atoms with E-state index in [9.17, 15) is 8.42 Å². The van der Waals surface area contributed by atoms with Crippen LogP contribution in [0.25, 0.3) is 0 Å². The fourth-order valence-electron chi connectivity index (χ4n) is 1.84. The van der Waals surface area contributed by atoms with Gasteiger partial charge in [-0.2, -0.15) is 0 Å². The van der Waals surface area contributed by atoms with Crippen molar-refractivity contribution < 1.29 is 8.42 Å². The molecule has 0 spiro atoms. The summed E-state index contributed by atoms with van der Waals surface area (Å²) in [6.45, 7) is 4.59. The second kappa shape index (κ2) is 6.36. The van der Waals surface area contributed by atoms with Crippen LogP contribution in [0.5, 0.6) is 0 Å². The Labute approximate surface area is 127 Å². The van der Waals surface area contributed by atoms with Crippen LogP contribution in [0.15, 0.2) is 23.1 Å². The Balaban J connectivity index is 2.12. The van der Waals surface area contributed by atoms with Crippen LogP contribution >= 0.6 is 22.7 Å². The fourth-order valence-corrected chi connectivity index (χ4v) is 5.35. The molecule has 0 radical (unpaired) electrons. The lowest BCUT2D eigenvalue weighted by Gasteiger charge is -2.04. The van der Waals surface area contributed by atoms with E-state index < -0.39 is 10.0 Å². The number of nitrogens with two attached hydrogens (primary N) is 1. The third-order valence-electron chi connectivity index (χ3n) is 2.92. The summed E-state index contributed by atoms with van der Waals surface area (Å²) < 4.78 is 27.2. The molecular formula is C13H18N2O2S3. The first-order chi connectivity index (χ1) is 9.46. The summed E-state index contributed by atoms with van der Waals surface area (Å²) in [5.74, 6) is 0. The molecule has 4 nitrogen and oxygen atoms in total. The van der Waals surface area contributed by atoms with Gasteiger partial charge < -0.3 is 5.73 Å². The molecule has 0 saturated heterocycles. The van der Waals surface area contributed by atoms with Gasteiger partial charge in [0, 0.05) is 32.6 Å². The summed E-state index contributed by atoms with van der Waals surface area (Å²) in [4.78, 5) is 4.29. The first kappa shape index (κ1) is 15.7. The van der Waals surface area contributed by atoms with E-state index in [1.807, 2.05) is 12.1 Å². The summed E-state index contributed by atoms with van der Waals surface area (Å²) >= 11 is 3.07. The van der Waals surface area contributed by atoms with Gasteiger partial charge in [-0.25, -0.2) is 13.1 Å². The van der Waals surface area contributed by atoms with Crippen molar-refractivity contribution in [1.82, 2.24) is 4.72 Å². The molecule has 0 aliphatic heterocycles. The van der Waals surface area contributed by atoms with Gasteiger partial charge >= 0.3 is 0 Å². The van der Waals surface area contributed by atoms with Crippen molar-refractivity contribution in [3.63, 3.8) is 0 Å². The Hall–Kier alpha value is -0.730. The molecule has 3 N–H and O–H groups in total. The minimum absolute atomic E-state index is 0.334. The third kappa shape index (κ3) is 3.48. The Kier molecular flexibility index (Phi) is 4.98. The standard InChI is InChI=1S/C13H18N2O2S3/c1-3-10-4-5-11(19-10)8-15-20(16,17)13-6-12(7-14)18-9(13)2/h4-6,15H,3,7-8,14H2,1-2H3. The highest BCUT2D eigenvalue weighted by atomic mass is 32.2. The smallest absolute Gasteiger partial charge is 0.242 e. The Morgan fingerprint density at radius 3 is 2.45 bits per heavy atom. The number of rotatable bonds is 6. The van der Waals surface area contributed by atoms with Crippen molar-refractivity contribution in [2.75, 3.05) is 0 Å². The molecule has 0 fully saturated rings. The second-order valence-corrected chi connectivity index (χ2v) is 8.71. The zero-order valence-electron chi connectivity index (χ0n) is 11.5. The van der Waals surface area contributed by atoms with Crippen LogP contribution in [-0.2, 0) is 29.5 Å². The lowest BCUT2D eigenvalue weighted by atomic mass is 10.4. The molecule has 0 bridgehead atoms. The van der Waals surface area contributed by atoms with Crippen molar-refractivity contribution in [3.8, 4) is 0 Å². The summed E-state index contributed by atoms with van der Waals surface area (Å²) in [5.41, 5.74) is 5.56. The van der Waals surface area contributed by atoms with E-state index >= 15 is 0 Å². The average molecular weight is 330 g/mol. The minimum atomic E-state index is -3.46. The topological polar surface area (TPSA) is 72.2 Å². The molecule has 2 aromatic rings. The van der Waals surface area contributed by atoms with E-state index in [-0.39, 0.29) is 0 Å². The van der Waals surface area contributed by atoms with E-state index in [0.717, 1.165) is 21.1 Å². The van der Waals surface area contributed by atoms with Crippen molar-refractivity contribution in [2.24, 2.45) is 5.73 Å². The van der Waals surface area contributed by atoms with Crippen molar-refractivity contribution in [1.29, 1.82) is 0 Å². The molecule has 2 heterocycles. The molecule has 0 aromatic carbocycles. The molecule has 0 atom stereocenters. The van der Waals surface area contributed by atoms with Crippen LogP contribution in [-0.4, -0.2) is 8.42 Å². The van der Waals surface area contributed by atoms with Gasteiger partial charge in [-0.05, 0) is 31.5 Å². The second-order valence-electron chi connectivity index (χ2n) is 4.38. The van der Waals surface area contributed by atoms with Gasteiger partial charge in [0.25, 0.3) is 0 Å². The molecule has 0 amide bonds. The van der Waals surface area contributed by atoms with Crippen molar-refractivity contribution in [3.05, 3.63) is 37.7 Å². The average Bonchev–Trinajstić information content (AvgIpc) is 3.02. The highest BCUT2D eigenvalue weighted by Gasteiger charge is 2.19. The van der Waals surface area contributed by atoms with Crippen LogP contribution in [0.1, 0.15) is 26.4 Å². The van der Waals surface area contributed by atoms with E-state index in [0.29, 0.717) is 18.0 Å². The summed E-state index contributed by atoms with van der Waals surface area (Å²) in [5, 5.41) is 0. The van der Waals surface area contributed by atoms with Gasteiger partial charge in [0.05, 0.1) is 4.90 Å². The van der Waals surface area contributed by atoms with Crippen molar-refractivity contribution in [2.45, 2.75) is 38.3 Å². The number of sulfonamides is 1. The fraction of sp³-hybridized carbons (Fsp3) is 0.385. The normalized spacial score (nSPS) is 11.9. The largest absolute Gasteiger partial charge is 0.326 e. The van der Waals surface area contributed by atoms with Crippen molar-refractivity contribution >= 4 is 32.7 Å². The summed E-state index contributed by atoms with van der Waals surface area (Å²) in [6.07, 6.45) is 0.973. The molecular weight excluding hydrogens is 312 g/mol. The van der Waals surface area contributed by atoms with Crippen LogP contribution in [0.2, 0.25) is 0 Å². The maximum absolute atomic E-state index is 12.3. The predicted molar refractivity (Wildman–Crippen MR) is 84.7 cm³/mol. The molecule has 0 aliphatic rings. The minimum Gasteiger partial charge on any atom is -0.326 e. The number of hydrogen-bond donors (Lipinski definition) is 2. The lowest BCUT2D eigenvalue weighted by molar-refractivity contribution is 0.581. The van der Waals surface area contributed by atoms with Crippen LogP contribution < -0.4 is 10.5 Å². The zero-order chi connectivity index (χ0) is 14.8. The molecule has 110 valence electrons. The SMILES string of the molecule is CCc1ccc(CNS(=O)(=O)c2cc(CN)sc2C)s1. The van der Waals surface area contributed by atoms with Crippen LogP contribution in [0.3, 0.4) is 0 Å². The molecule has 0 unspecified atom stereocenters. The molecule has 20 heavy (non-hydrogen) atoms. The Bertz CT molecular complexity index is 686. The molecule has 2 rings (SSSR count). The third-order valence-corrected chi connectivity index (χ3v) is 6.88. The molecule has 0 aliphatic carbocycles. The van der Waals surface area contributed by atoms with Gasteiger partial charge in [0.15, 0.2) is 0 Å². The van der Waals surface area contributed by atoms with Gasteiger partial charge in [0.1, 0.15) is 0 Å². The quantitative estimate of drug-likeness (QED) is 0.855. The lowest BCUT2D eigenvalue weighted by Crippen LogP contribution is -2.22. The Morgan fingerprint density at radius 2 is 1.90 bits per heavy atom. The maximum atomic E-state index is 12.3. The first-order valence-corrected chi connectivity index (χ1v) is 9.44. The van der Waals surface area contributed by atoms with Crippen LogP contribution in [0, 0.1) is 6.92 Å². The van der Waals surface area contributed by atoms with Gasteiger partial charge in [-0.1, -0.05) is 6.92 Å². The van der Waals surface area contributed by atoms with E-state index in [4.69, 9.17) is 5.73 Å². The first-order valence-electron chi connectivity index (χ1n) is 6.33.